The van der Waals surface area contributed by atoms with E-state index in [4.69, 9.17) is 8.97 Å². The maximum absolute atomic E-state index is 13.9. The van der Waals surface area contributed by atoms with Gasteiger partial charge < -0.3 is 15.1 Å². The number of anilines is 1. The van der Waals surface area contributed by atoms with Crippen molar-refractivity contribution in [3.63, 3.8) is 0 Å². The fourth-order valence-corrected chi connectivity index (χ4v) is 5.69. The second-order valence-electron chi connectivity index (χ2n) is 12.4. The Kier molecular flexibility index (Phi) is 9.41. The van der Waals surface area contributed by atoms with E-state index < -0.39 is 27.7 Å². The topological polar surface area (TPSA) is 126 Å². The maximum Gasteiger partial charge on any atom is 0.266 e. The zero-order valence-electron chi connectivity index (χ0n) is 25.7. The van der Waals surface area contributed by atoms with Crippen LogP contribution in [0.2, 0.25) is 0 Å². The summed E-state index contributed by atoms with van der Waals surface area (Å²) in [5, 5.41) is 5.60. The van der Waals surface area contributed by atoms with Crippen molar-refractivity contribution in [2.24, 2.45) is 0 Å². The molecule has 1 aliphatic carbocycles. The van der Waals surface area contributed by atoms with Gasteiger partial charge in [0, 0.05) is 35.3 Å². The first kappa shape index (κ1) is 31.9. The van der Waals surface area contributed by atoms with Crippen LogP contribution in [0.4, 0.5) is 5.69 Å². The van der Waals surface area contributed by atoms with E-state index in [9.17, 15) is 18.0 Å². The Bertz CT molecular complexity index is 1810. The van der Waals surface area contributed by atoms with Crippen molar-refractivity contribution in [3.05, 3.63) is 119 Å². The molecule has 45 heavy (non-hydrogen) atoms. The van der Waals surface area contributed by atoms with Gasteiger partial charge in [0.25, 0.3) is 16.0 Å². The van der Waals surface area contributed by atoms with Gasteiger partial charge >= 0.3 is 0 Å². The smallest absolute Gasteiger partial charge is 0.266 e. The highest BCUT2D eigenvalue weighted by Crippen LogP contribution is 2.32. The van der Waals surface area contributed by atoms with Gasteiger partial charge in [0.15, 0.2) is 0 Å². The number of amides is 2. The van der Waals surface area contributed by atoms with Crippen molar-refractivity contribution in [2.45, 2.75) is 51.4 Å². The highest BCUT2D eigenvalue weighted by molar-refractivity contribution is 7.85. The van der Waals surface area contributed by atoms with Crippen LogP contribution in [0.5, 0.6) is 0 Å². The summed E-state index contributed by atoms with van der Waals surface area (Å²) in [6.07, 6.45) is 6.44. The first-order chi connectivity index (χ1) is 21.4. The van der Waals surface area contributed by atoms with Crippen molar-refractivity contribution < 1.29 is 27.0 Å². The number of furan rings is 1. The molecule has 0 bridgehead atoms. The van der Waals surface area contributed by atoms with E-state index in [0.29, 0.717) is 17.7 Å². The van der Waals surface area contributed by atoms with Crippen molar-refractivity contribution >= 4 is 33.7 Å². The van der Waals surface area contributed by atoms with E-state index in [1.807, 2.05) is 42.5 Å². The average Bonchev–Trinajstić information content (AvgIpc) is 3.44. The Morgan fingerprint density at radius 2 is 1.71 bits per heavy atom. The van der Waals surface area contributed by atoms with Gasteiger partial charge in [0.05, 0.1) is 11.7 Å². The minimum Gasteiger partial charge on any atom is -0.460 e. The van der Waals surface area contributed by atoms with E-state index in [-0.39, 0.29) is 17.9 Å². The molecule has 0 spiro atoms. The zero-order valence-corrected chi connectivity index (χ0v) is 26.5. The third-order valence-electron chi connectivity index (χ3n) is 7.89. The number of aryl methyl sites for hydroxylation is 1. The fourth-order valence-electron chi connectivity index (χ4n) is 5.33. The lowest BCUT2D eigenvalue weighted by Crippen LogP contribution is -2.28. The van der Waals surface area contributed by atoms with Crippen molar-refractivity contribution in [3.8, 4) is 11.3 Å². The molecule has 1 aromatic heterocycles. The number of benzene rings is 3. The van der Waals surface area contributed by atoms with Gasteiger partial charge in [-0.1, -0.05) is 81.5 Å². The summed E-state index contributed by atoms with van der Waals surface area (Å²) < 4.78 is 36.9. The zero-order chi connectivity index (χ0) is 32.2. The molecule has 0 saturated carbocycles. The predicted molar refractivity (Wildman–Crippen MR) is 177 cm³/mol. The van der Waals surface area contributed by atoms with Gasteiger partial charge in [-0.3, -0.25) is 14.1 Å². The summed E-state index contributed by atoms with van der Waals surface area (Å²) in [6, 6.07) is 24.6. The van der Waals surface area contributed by atoms with Crippen LogP contribution in [-0.2, 0) is 33.2 Å². The number of nitrogens with one attached hydrogen (secondary N) is 2. The van der Waals surface area contributed by atoms with E-state index in [1.54, 1.807) is 24.3 Å². The van der Waals surface area contributed by atoms with Crippen LogP contribution in [0.3, 0.4) is 0 Å². The maximum atomic E-state index is 13.9. The molecule has 1 unspecified atom stereocenters. The average molecular weight is 627 g/mol. The summed E-state index contributed by atoms with van der Waals surface area (Å²) in [7, 11) is -4.17. The Balaban J connectivity index is 1.35. The lowest BCUT2D eigenvalue weighted by atomic mass is 9.84. The van der Waals surface area contributed by atoms with Gasteiger partial charge in [0.1, 0.15) is 11.5 Å². The summed E-state index contributed by atoms with van der Waals surface area (Å²) in [5.41, 5.74) is 5.83. The first-order valence-corrected chi connectivity index (χ1v) is 16.6. The summed E-state index contributed by atoms with van der Waals surface area (Å²) in [4.78, 5) is 26.3. The van der Waals surface area contributed by atoms with Crippen LogP contribution >= 0.6 is 0 Å². The molecule has 0 fully saturated rings. The molecule has 0 aliphatic heterocycles. The fraction of sp³-hybridized carbons (Fsp3) is 0.278. The van der Waals surface area contributed by atoms with Crippen LogP contribution < -0.4 is 10.6 Å². The predicted octanol–water partition coefficient (Wildman–Crippen LogP) is 6.79. The minimum atomic E-state index is -4.17. The molecule has 5 rings (SSSR count). The largest absolute Gasteiger partial charge is 0.460 e. The number of fused-ring (bicyclic) bond motifs is 1. The van der Waals surface area contributed by atoms with Crippen LogP contribution in [0.15, 0.2) is 89.4 Å². The highest BCUT2D eigenvalue weighted by Gasteiger charge is 2.23. The van der Waals surface area contributed by atoms with Gasteiger partial charge in [-0.2, -0.15) is 8.42 Å². The lowest BCUT2D eigenvalue weighted by Gasteiger charge is -2.22. The number of hydrogen-bond acceptors (Lipinski definition) is 5. The molecule has 234 valence electrons. The monoisotopic (exact) mass is 626 g/mol. The third kappa shape index (κ3) is 8.38. The second kappa shape index (κ2) is 13.3. The summed E-state index contributed by atoms with van der Waals surface area (Å²) >= 11 is 0. The SMILES string of the molecule is CC(C)(C)c1ccc(C(Cc2ccc(C(=O)NCCS(=O)(=O)O)cc2)C(=O)Nc2cccc(-c3cc4c(o3)CCC=C4)c2)cc1. The Morgan fingerprint density at radius 3 is 2.38 bits per heavy atom. The lowest BCUT2D eigenvalue weighted by molar-refractivity contribution is -0.117. The van der Waals surface area contributed by atoms with Crippen LogP contribution in [0, 0.1) is 0 Å². The second-order valence-corrected chi connectivity index (χ2v) is 13.9. The van der Waals surface area contributed by atoms with E-state index in [1.165, 1.54) is 5.56 Å². The number of rotatable bonds is 10. The number of carbonyl (C=O) groups is 2. The Morgan fingerprint density at radius 1 is 0.978 bits per heavy atom. The summed E-state index contributed by atoms with van der Waals surface area (Å²) in [5.74, 6) is 0.0420. The molecule has 0 saturated heterocycles. The number of allylic oxidation sites excluding steroid dienone is 1. The summed E-state index contributed by atoms with van der Waals surface area (Å²) in [6.45, 7) is 6.23. The molecule has 1 aliphatic rings. The van der Waals surface area contributed by atoms with Crippen molar-refractivity contribution in [2.75, 3.05) is 17.6 Å². The molecule has 0 radical (unpaired) electrons. The molecule has 9 heteroatoms. The first-order valence-electron chi connectivity index (χ1n) is 15.0. The molecule has 8 nitrogen and oxygen atoms in total. The quantitative estimate of drug-likeness (QED) is 0.167. The van der Waals surface area contributed by atoms with E-state index >= 15 is 0 Å². The Labute approximate surface area is 264 Å². The molecule has 2 amide bonds. The molecule has 3 aromatic carbocycles. The molecule has 4 aromatic rings. The van der Waals surface area contributed by atoms with Gasteiger partial charge in [-0.05, 0) is 65.3 Å². The van der Waals surface area contributed by atoms with Crippen LogP contribution in [-0.4, -0.2) is 37.1 Å². The molecule has 3 N–H and O–H groups in total. The van der Waals surface area contributed by atoms with Crippen molar-refractivity contribution in [1.82, 2.24) is 5.32 Å². The van der Waals surface area contributed by atoms with Crippen LogP contribution in [0.1, 0.15) is 71.5 Å². The molecular weight excluding hydrogens is 588 g/mol. The van der Waals surface area contributed by atoms with Gasteiger partial charge in [0.2, 0.25) is 5.91 Å². The number of hydrogen-bond donors (Lipinski definition) is 3. The normalized spacial score (nSPS) is 13.6. The molecule has 1 atom stereocenters. The third-order valence-corrected chi connectivity index (χ3v) is 8.61. The molecular formula is C36H38N2O6S. The Hall–Kier alpha value is -4.47. The van der Waals surface area contributed by atoms with Crippen LogP contribution in [0.25, 0.3) is 17.4 Å². The molecule has 1 heterocycles. The van der Waals surface area contributed by atoms with Gasteiger partial charge in [-0.15, -0.1) is 0 Å². The highest BCUT2D eigenvalue weighted by atomic mass is 32.2. The van der Waals surface area contributed by atoms with E-state index in [0.717, 1.165) is 46.6 Å². The minimum absolute atomic E-state index is 0.0324. The number of carbonyl (C=O) groups excluding carboxylic acids is 2. The van der Waals surface area contributed by atoms with Gasteiger partial charge in [-0.25, -0.2) is 0 Å². The van der Waals surface area contributed by atoms with E-state index in [2.05, 4.69) is 55.7 Å². The van der Waals surface area contributed by atoms with Crippen molar-refractivity contribution in [1.29, 1.82) is 0 Å². The standard InChI is InChI=1S/C36H38N2O6S/c1-36(2,3)29-17-15-25(16-18-29)31(21-24-11-13-26(14-12-24)34(39)37-19-20-45(41,42)43)35(40)38-30-9-6-8-27(22-30)33-23-28-7-4-5-10-32(28)44-33/h4,6-9,11-18,22-23,31H,5,10,19-21H2,1-3H3,(H,37,39)(H,38,40)(H,41,42,43).